The monoisotopic (exact) mass is 353 g/mol. The van der Waals surface area contributed by atoms with Crippen LogP contribution in [-0.4, -0.2) is 41.1 Å². The lowest BCUT2D eigenvalue weighted by molar-refractivity contribution is 0.102. The minimum absolute atomic E-state index is 0.164. The van der Waals surface area contributed by atoms with Crippen molar-refractivity contribution in [1.29, 1.82) is 0 Å². The van der Waals surface area contributed by atoms with Gasteiger partial charge >= 0.3 is 0 Å². The topological polar surface area (TPSA) is 72.3 Å². The molecule has 0 fully saturated rings. The maximum atomic E-state index is 13.0. The highest BCUT2D eigenvalue weighted by molar-refractivity contribution is 6.03. The van der Waals surface area contributed by atoms with Crippen molar-refractivity contribution in [2.24, 2.45) is 0 Å². The van der Waals surface area contributed by atoms with Gasteiger partial charge in [0.1, 0.15) is 18.2 Å². The first-order valence-electron chi connectivity index (χ1n) is 8.08. The zero-order valence-corrected chi connectivity index (χ0v) is 14.0. The lowest BCUT2D eigenvalue weighted by Gasteiger charge is -2.28. The number of halogens is 1. The lowest BCUT2D eigenvalue weighted by atomic mass is 10.2. The number of anilines is 2. The SMILES string of the molecule is CN1CCOc2ccc(NC(=O)c3cn(-c4ccc(F)cc4)nn3)cc21. The zero-order chi connectivity index (χ0) is 18.1. The third-order valence-corrected chi connectivity index (χ3v) is 4.13. The van der Waals surface area contributed by atoms with Crippen LogP contribution in [0.15, 0.2) is 48.7 Å². The lowest BCUT2D eigenvalue weighted by Crippen LogP contribution is -2.28. The number of rotatable bonds is 3. The van der Waals surface area contributed by atoms with Crippen molar-refractivity contribution in [1.82, 2.24) is 15.0 Å². The molecule has 2 aromatic carbocycles. The van der Waals surface area contributed by atoms with Crippen molar-refractivity contribution >= 4 is 17.3 Å². The molecular formula is C18H16FN5O2. The van der Waals surface area contributed by atoms with Gasteiger partial charge in [0.15, 0.2) is 5.69 Å². The van der Waals surface area contributed by atoms with Crippen LogP contribution in [0.2, 0.25) is 0 Å². The standard InChI is InChI=1S/C18H16FN5O2/c1-23-8-9-26-17-7-4-13(10-16(17)23)20-18(25)15-11-24(22-21-15)14-5-2-12(19)3-6-14/h2-7,10-11H,8-9H2,1H3,(H,20,25). The van der Waals surface area contributed by atoms with Gasteiger partial charge in [0, 0.05) is 12.7 Å². The number of benzene rings is 2. The number of hydrogen-bond acceptors (Lipinski definition) is 5. The Balaban J connectivity index is 1.52. The highest BCUT2D eigenvalue weighted by Gasteiger charge is 2.17. The molecule has 7 nitrogen and oxygen atoms in total. The quantitative estimate of drug-likeness (QED) is 0.783. The van der Waals surface area contributed by atoms with Gasteiger partial charge in [-0.05, 0) is 42.5 Å². The van der Waals surface area contributed by atoms with E-state index < -0.39 is 0 Å². The van der Waals surface area contributed by atoms with Crippen molar-refractivity contribution in [3.63, 3.8) is 0 Å². The molecule has 4 rings (SSSR count). The molecule has 132 valence electrons. The second kappa shape index (κ2) is 6.47. The fraction of sp³-hybridized carbons (Fsp3) is 0.167. The molecule has 0 radical (unpaired) electrons. The first-order chi connectivity index (χ1) is 12.6. The molecule has 26 heavy (non-hydrogen) atoms. The Morgan fingerprint density at radius 3 is 2.85 bits per heavy atom. The van der Waals surface area contributed by atoms with Gasteiger partial charge in [-0.15, -0.1) is 5.10 Å². The van der Waals surface area contributed by atoms with Gasteiger partial charge < -0.3 is 15.0 Å². The van der Waals surface area contributed by atoms with Crippen LogP contribution in [0.1, 0.15) is 10.5 Å². The largest absolute Gasteiger partial charge is 0.490 e. The van der Waals surface area contributed by atoms with E-state index in [2.05, 4.69) is 20.5 Å². The zero-order valence-electron chi connectivity index (χ0n) is 14.0. The van der Waals surface area contributed by atoms with E-state index in [9.17, 15) is 9.18 Å². The molecule has 8 heteroatoms. The number of likely N-dealkylation sites (N-methyl/N-ethyl adjacent to an activating group) is 1. The van der Waals surface area contributed by atoms with Crippen molar-refractivity contribution in [3.05, 3.63) is 60.2 Å². The van der Waals surface area contributed by atoms with E-state index in [1.807, 2.05) is 19.2 Å². The molecule has 1 N–H and O–H groups in total. The van der Waals surface area contributed by atoms with E-state index in [-0.39, 0.29) is 17.4 Å². The number of nitrogens with zero attached hydrogens (tertiary/aromatic N) is 4. The van der Waals surface area contributed by atoms with Gasteiger partial charge in [-0.1, -0.05) is 5.21 Å². The van der Waals surface area contributed by atoms with Crippen LogP contribution in [0.25, 0.3) is 5.69 Å². The predicted octanol–water partition coefficient (Wildman–Crippen LogP) is 2.49. The summed E-state index contributed by atoms with van der Waals surface area (Å²) >= 11 is 0. The molecule has 1 aliphatic heterocycles. The van der Waals surface area contributed by atoms with Crippen LogP contribution >= 0.6 is 0 Å². The summed E-state index contributed by atoms with van der Waals surface area (Å²) in [7, 11) is 1.97. The molecular weight excluding hydrogens is 337 g/mol. The number of amides is 1. The molecule has 1 aromatic heterocycles. The van der Waals surface area contributed by atoms with E-state index in [1.165, 1.54) is 23.0 Å². The maximum absolute atomic E-state index is 13.0. The van der Waals surface area contributed by atoms with Crippen molar-refractivity contribution in [2.45, 2.75) is 0 Å². The smallest absolute Gasteiger partial charge is 0.277 e. The molecule has 0 unspecified atom stereocenters. The molecule has 0 atom stereocenters. The van der Waals surface area contributed by atoms with E-state index in [0.717, 1.165) is 18.0 Å². The van der Waals surface area contributed by atoms with Gasteiger partial charge in [0.05, 0.1) is 24.1 Å². The van der Waals surface area contributed by atoms with Gasteiger partial charge in [-0.25, -0.2) is 9.07 Å². The van der Waals surface area contributed by atoms with Crippen LogP contribution in [-0.2, 0) is 0 Å². The van der Waals surface area contributed by atoms with Crippen molar-refractivity contribution < 1.29 is 13.9 Å². The van der Waals surface area contributed by atoms with Crippen LogP contribution in [0.4, 0.5) is 15.8 Å². The third kappa shape index (κ3) is 3.08. The first-order valence-corrected chi connectivity index (χ1v) is 8.08. The molecule has 0 saturated carbocycles. The Morgan fingerprint density at radius 1 is 1.23 bits per heavy atom. The van der Waals surface area contributed by atoms with Gasteiger partial charge in [-0.2, -0.15) is 0 Å². The molecule has 3 aromatic rings. The fourth-order valence-corrected chi connectivity index (χ4v) is 2.71. The minimum Gasteiger partial charge on any atom is -0.490 e. The Morgan fingerprint density at radius 2 is 2.04 bits per heavy atom. The molecule has 0 saturated heterocycles. The van der Waals surface area contributed by atoms with Gasteiger partial charge in [0.2, 0.25) is 0 Å². The van der Waals surface area contributed by atoms with E-state index >= 15 is 0 Å². The second-order valence-electron chi connectivity index (χ2n) is 5.93. The van der Waals surface area contributed by atoms with Gasteiger partial charge in [-0.3, -0.25) is 4.79 Å². The van der Waals surface area contributed by atoms with E-state index in [4.69, 9.17) is 4.74 Å². The molecule has 0 aliphatic carbocycles. The Bertz CT molecular complexity index is 954. The van der Waals surface area contributed by atoms with Crippen LogP contribution < -0.4 is 15.0 Å². The maximum Gasteiger partial charge on any atom is 0.277 e. The summed E-state index contributed by atoms with van der Waals surface area (Å²) in [6, 6.07) is 11.2. The number of aromatic nitrogens is 3. The summed E-state index contributed by atoms with van der Waals surface area (Å²) in [6.45, 7) is 1.43. The average Bonchev–Trinajstić information content (AvgIpc) is 3.13. The second-order valence-corrected chi connectivity index (χ2v) is 5.93. The van der Waals surface area contributed by atoms with Crippen molar-refractivity contribution in [2.75, 3.05) is 30.4 Å². The molecule has 2 heterocycles. The number of hydrogen-bond donors (Lipinski definition) is 1. The van der Waals surface area contributed by atoms with Crippen LogP contribution in [0.5, 0.6) is 5.75 Å². The third-order valence-electron chi connectivity index (χ3n) is 4.13. The Hall–Kier alpha value is -3.42. The molecule has 1 amide bonds. The summed E-state index contributed by atoms with van der Waals surface area (Å²) in [6.07, 6.45) is 1.50. The van der Waals surface area contributed by atoms with E-state index in [0.29, 0.717) is 18.0 Å². The number of ether oxygens (including phenoxy) is 1. The highest BCUT2D eigenvalue weighted by atomic mass is 19.1. The average molecular weight is 353 g/mol. The minimum atomic E-state index is -0.377. The van der Waals surface area contributed by atoms with Crippen molar-refractivity contribution in [3.8, 4) is 11.4 Å². The van der Waals surface area contributed by atoms with Crippen LogP contribution in [0, 0.1) is 5.82 Å². The highest BCUT2D eigenvalue weighted by Crippen LogP contribution is 2.33. The summed E-state index contributed by atoms with van der Waals surface area (Å²) < 4.78 is 20.0. The molecule has 0 spiro atoms. The predicted molar refractivity (Wildman–Crippen MR) is 94.5 cm³/mol. The summed E-state index contributed by atoms with van der Waals surface area (Å²) in [5.74, 6) is 0.0740. The molecule has 0 bridgehead atoms. The first kappa shape index (κ1) is 16.1. The number of nitrogens with one attached hydrogen (secondary N) is 1. The summed E-state index contributed by atoms with van der Waals surface area (Å²) in [5.41, 5.74) is 2.34. The molecule has 1 aliphatic rings. The van der Waals surface area contributed by atoms with E-state index in [1.54, 1.807) is 18.2 Å². The fourth-order valence-electron chi connectivity index (χ4n) is 2.71. The Labute approximate surface area is 149 Å². The number of carbonyl (C=O) groups excluding carboxylic acids is 1. The normalized spacial score (nSPS) is 13.1. The Kier molecular flexibility index (Phi) is 4.00. The van der Waals surface area contributed by atoms with Crippen LogP contribution in [0.3, 0.4) is 0 Å². The van der Waals surface area contributed by atoms with Gasteiger partial charge in [0.25, 0.3) is 5.91 Å². The summed E-state index contributed by atoms with van der Waals surface area (Å²) in [5, 5.41) is 10.6. The number of fused-ring (bicyclic) bond motifs is 1. The number of carbonyl (C=O) groups is 1. The summed E-state index contributed by atoms with van der Waals surface area (Å²) in [4.78, 5) is 14.5.